The van der Waals surface area contributed by atoms with E-state index < -0.39 is 0 Å². The van der Waals surface area contributed by atoms with Crippen LogP contribution < -0.4 is 10.6 Å². The summed E-state index contributed by atoms with van der Waals surface area (Å²) in [6, 6.07) is 4.20. The molecule has 0 bridgehead atoms. The molecule has 0 amide bonds. The molecule has 2 N–H and O–H groups in total. The van der Waals surface area contributed by atoms with E-state index in [-0.39, 0.29) is 6.04 Å². The molecule has 16 heavy (non-hydrogen) atoms. The molecule has 4 heteroatoms. The van der Waals surface area contributed by atoms with Crippen LogP contribution in [0.15, 0.2) is 18.3 Å². The van der Waals surface area contributed by atoms with Gasteiger partial charge in [-0.25, -0.2) is 0 Å². The number of hydrogen-bond donors (Lipinski definition) is 1. The first-order chi connectivity index (χ1) is 7.77. The fraction of sp³-hybridized carbons (Fsp3) is 0.583. The number of hydrogen-bond acceptors (Lipinski definition) is 4. The van der Waals surface area contributed by atoms with Gasteiger partial charge in [0, 0.05) is 24.9 Å². The Morgan fingerprint density at radius 1 is 1.38 bits per heavy atom. The smallest absolute Gasteiger partial charge is 0.0569 e. The van der Waals surface area contributed by atoms with Gasteiger partial charge in [-0.15, -0.1) is 0 Å². The van der Waals surface area contributed by atoms with E-state index in [2.05, 4.69) is 16.0 Å². The topological polar surface area (TPSA) is 42.1 Å². The molecule has 0 radical (unpaired) electrons. The number of pyridine rings is 1. The largest absolute Gasteiger partial charge is 0.369 e. The average Bonchev–Trinajstić information content (AvgIpc) is 2.57. The maximum absolute atomic E-state index is 5.79. The first kappa shape index (κ1) is 11.7. The number of aromatic nitrogens is 1. The predicted molar refractivity (Wildman–Crippen MR) is 71.0 cm³/mol. The lowest BCUT2D eigenvalue weighted by atomic mass is 10.2. The lowest BCUT2D eigenvalue weighted by Gasteiger charge is -2.22. The van der Waals surface area contributed by atoms with E-state index in [0.717, 1.165) is 18.8 Å². The number of anilines is 1. The highest BCUT2D eigenvalue weighted by atomic mass is 32.2. The molecular weight excluding hydrogens is 218 g/mol. The molecule has 1 aliphatic heterocycles. The Labute approximate surface area is 101 Å². The Morgan fingerprint density at radius 3 is 2.94 bits per heavy atom. The summed E-state index contributed by atoms with van der Waals surface area (Å²) in [5, 5.41) is 0. The van der Waals surface area contributed by atoms with E-state index in [9.17, 15) is 0 Å². The van der Waals surface area contributed by atoms with Crippen LogP contribution in [0.5, 0.6) is 0 Å². The third kappa shape index (κ3) is 2.89. The summed E-state index contributed by atoms with van der Waals surface area (Å²) in [5.74, 6) is 2.50. The Hall–Kier alpha value is -0.740. The molecule has 1 atom stereocenters. The quantitative estimate of drug-likeness (QED) is 0.855. The summed E-state index contributed by atoms with van der Waals surface area (Å²) in [7, 11) is 0. The number of nitrogens with two attached hydrogens (primary N) is 1. The van der Waals surface area contributed by atoms with Gasteiger partial charge in [0.2, 0.25) is 0 Å². The molecular formula is C12H19N3S. The van der Waals surface area contributed by atoms with Crippen LogP contribution in [0.3, 0.4) is 0 Å². The standard InChI is InChI=1S/C12H19N3S/c1-10(13)12-4-3-11(9-14-12)15-5-2-7-16-8-6-15/h3-4,9-10H,2,5-8,13H2,1H3/t10-/m0/s1. The molecule has 1 saturated heterocycles. The molecule has 1 aliphatic rings. The molecule has 0 saturated carbocycles. The van der Waals surface area contributed by atoms with Crippen molar-refractivity contribution in [3.05, 3.63) is 24.0 Å². The second-order valence-corrected chi connectivity index (χ2v) is 5.41. The zero-order chi connectivity index (χ0) is 11.4. The van der Waals surface area contributed by atoms with E-state index in [1.165, 1.54) is 23.6 Å². The minimum absolute atomic E-state index is 0.0220. The second-order valence-electron chi connectivity index (χ2n) is 4.18. The summed E-state index contributed by atoms with van der Waals surface area (Å²) >= 11 is 2.04. The number of rotatable bonds is 2. The van der Waals surface area contributed by atoms with Gasteiger partial charge in [0.15, 0.2) is 0 Å². The Balaban J connectivity index is 2.07. The van der Waals surface area contributed by atoms with Crippen molar-refractivity contribution in [1.82, 2.24) is 4.98 Å². The zero-order valence-corrected chi connectivity index (χ0v) is 10.5. The van der Waals surface area contributed by atoms with Crippen LogP contribution in [0, 0.1) is 0 Å². The van der Waals surface area contributed by atoms with Gasteiger partial charge < -0.3 is 10.6 Å². The first-order valence-corrected chi connectivity index (χ1v) is 6.97. The molecule has 1 aromatic heterocycles. The molecule has 1 fully saturated rings. The van der Waals surface area contributed by atoms with Crippen molar-refractivity contribution in [2.45, 2.75) is 19.4 Å². The number of thioether (sulfide) groups is 1. The lowest BCUT2D eigenvalue weighted by Crippen LogP contribution is -2.25. The maximum atomic E-state index is 5.79. The van der Waals surface area contributed by atoms with E-state index in [1.807, 2.05) is 30.9 Å². The fourth-order valence-corrected chi connectivity index (χ4v) is 2.75. The van der Waals surface area contributed by atoms with Gasteiger partial charge in [-0.3, -0.25) is 4.98 Å². The highest BCUT2D eigenvalue weighted by molar-refractivity contribution is 7.99. The molecule has 3 nitrogen and oxygen atoms in total. The van der Waals surface area contributed by atoms with Crippen LogP contribution in [0.1, 0.15) is 25.1 Å². The summed E-state index contributed by atoms with van der Waals surface area (Å²) < 4.78 is 0. The molecule has 88 valence electrons. The van der Waals surface area contributed by atoms with E-state index >= 15 is 0 Å². The summed E-state index contributed by atoms with van der Waals surface area (Å²) in [6.45, 7) is 4.24. The van der Waals surface area contributed by atoms with Gasteiger partial charge in [0.1, 0.15) is 0 Å². The SMILES string of the molecule is C[C@H](N)c1ccc(N2CCCSCC2)cn1. The van der Waals surface area contributed by atoms with Crippen LogP contribution in [0.2, 0.25) is 0 Å². The second kappa shape index (κ2) is 5.55. The Bertz CT molecular complexity index is 316. The maximum Gasteiger partial charge on any atom is 0.0569 e. The highest BCUT2D eigenvalue weighted by Gasteiger charge is 2.10. The summed E-state index contributed by atoms with van der Waals surface area (Å²) in [6.07, 6.45) is 3.22. The van der Waals surface area contributed by atoms with Gasteiger partial charge in [-0.05, 0) is 31.2 Å². The molecule has 2 rings (SSSR count). The van der Waals surface area contributed by atoms with Crippen LogP contribution >= 0.6 is 11.8 Å². The molecule has 0 spiro atoms. The minimum Gasteiger partial charge on any atom is -0.369 e. The number of nitrogens with zero attached hydrogens (tertiary/aromatic N) is 2. The van der Waals surface area contributed by atoms with Gasteiger partial charge in [0.05, 0.1) is 17.6 Å². The highest BCUT2D eigenvalue weighted by Crippen LogP contribution is 2.19. The van der Waals surface area contributed by atoms with Crippen LogP contribution in [-0.2, 0) is 0 Å². The van der Waals surface area contributed by atoms with Crippen molar-refractivity contribution in [2.24, 2.45) is 5.73 Å². The van der Waals surface area contributed by atoms with Crippen molar-refractivity contribution >= 4 is 17.4 Å². The van der Waals surface area contributed by atoms with E-state index in [1.54, 1.807) is 0 Å². The van der Waals surface area contributed by atoms with Crippen LogP contribution in [-0.4, -0.2) is 29.6 Å². The minimum atomic E-state index is 0.0220. The monoisotopic (exact) mass is 237 g/mol. The normalized spacial score (nSPS) is 19.2. The van der Waals surface area contributed by atoms with Crippen LogP contribution in [0.25, 0.3) is 0 Å². The third-order valence-corrected chi connectivity index (χ3v) is 3.87. The average molecular weight is 237 g/mol. The first-order valence-electron chi connectivity index (χ1n) is 5.81. The Morgan fingerprint density at radius 2 is 2.25 bits per heavy atom. The van der Waals surface area contributed by atoms with Gasteiger partial charge in [-0.2, -0.15) is 11.8 Å². The van der Waals surface area contributed by atoms with Gasteiger partial charge >= 0.3 is 0 Å². The zero-order valence-electron chi connectivity index (χ0n) is 9.72. The summed E-state index contributed by atoms with van der Waals surface area (Å²) in [5.41, 5.74) is 7.98. The van der Waals surface area contributed by atoms with Crippen molar-refractivity contribution < 1.29 is 0 Å². The predicted octanol–water partition coefficient (Wildman–Crippen LogP) is 2.04. The molecule has 1 aromatic rings. The van der Waals surface area contributed by atoms with E-state index in [0.29, 0.717) is 0 Å². The fourth-order valence-electron chi connectivity index (χ4n) is 1.86. The molecule has 0 aliphatic carbocycles. The van der Waals surface area contributed by atoms with Crippen LogP contribution in [0.4, 0.5) is 5.69 Å². The van der Waals surface area contributed by atoms with Gasteiger partial charge in [0.25, 0.3) is 0 Å². The van der Waals surface area contributed by atoms with Crippen molar-refractivity contribution in [1.29, 1.82) is 0 Å². The third-order valence-electron chi connectivity index (χ3n) is 2.82. The lowest BCUT2D eigenvalue weighted by molar-refractivity contribution is 0.773. The van der Waals surface area contributed by atoms with Crippen molar-refractivity contribution in [3.63, 3.8) is 0 Å². The molecule has 2 heterocycles. The molecule has 0 aromatic carbocycles. The van der Waals surface area contributed by atoms with Gasteiger partial charge in [-0.1, -0.05) is 0 Å². The summed E-state index contributed by atoms with van der Waals surface area (Å²) in [4.78, 5) is 6.83. The van der Waals surface area contributed by atoms with E-state index in [4.69, 9.17) is 5.73 Å². The Kier molecular flexibility index (Phi) is 4.07. The molecule has 0 unspecified atom stereocenters. The van der Waals surface area contributed by atoms with Crippen molar-refractivity contribution in [3.8, 4) is 0 Å². The van der Waals surface area contributed by atoms with Crippen molar-refractivity contribution in [2.75, 3.05) is 29.5 Å².